The predicted octanol–water partition coefficient (Wildman–Crippen LogP) is 4.78. The number of ether oxygens (including phenoxy) is 1. The molecule has 0 aliphatic carbocycles. The quantitative estimate of drug-likeness (QED) is 0.692. The van der Waals surface area contributed by atoms with Crippen LogP contribution in [0, 0.1) is 0 Å². The molecule has 4 heteroatoms. The number of amides is 1. The zero-order chi connectivity index (χ0) is 17.2. The van der Waals surface area contributed by atoms with Crippen LogP contribution in [0.3, 0.4) is 0 Å². The van der Waals surface area contributed by atoms with Crippen LogP contribution in [0.25, 0.3) is 10.8 Å². The molecule has 0 radical (unpaired) electrons. The lowest BCUT2D eigenvalue weighted by Crippen LogP contribution is -2.33. The summed E-state index contributed by atoms with van der Waals surface area (Å²) in [5.74, 6) is 0.888. The molecule has 1 aliphatic rings. The molecule has 1 heterocycles. The van der Waals surface area contributed by atoms with Gasteiger partial charge in [-0.3, -0.25) is 4.79 Å². The fraction of sp³-hybridized carbons (Fsp3) is 0.190. The SMILES string of the molecule is O=C(Cc1ccc2ccccc2c1)NC1CCOc2ccc(Br)cc21. The van der Waals surface area contributed by atoms with E-state index in [2.05, 4.69) is 45.5 Å². The summed E-state index contributed by atoms with van der Waals surface area (Å²) >= 11 is 3.49. The number of hydrogen-bond donors (Lipinski definition) is 1. The van der Waals surface area contributed by atoms with Crippen LogP contribution in [-0.2, 0) is 11.2 Å². The van der Waals surface area contributed by atoms with E-state index in [0.29, 0.717) is 13.0 Å². The van der Waals surface area contributed by atoms with Gasteiger partial charge in [0.25, 0.3) is 0 Å². The summed E-state index contributed by atoms with van der Waals surface area (Å²) in [6.45, 7) is 0.621. The van der Waals surface area contributed by atoms with Gasteiger partial charge in [-0.25, -0.2) is 0 Å². The Morgan fingerprint density at radius 1 is 1.08 bits per heavy atom. The fourth-order valence-electron chi connectivity index (χ4n) is 3.29. The number of carbonyl (C=O) groups excluding carboxylic acids is 1. The number of rotatable bonds is 3. The molecule has 4 rings (SSSR count). The van der Waals surface area contributed by atoms with E-state index in [1.54, 1.807) is 0 Å². The second-order valence-electron chi connectivity index (χ2n) is 6.30. The van der Waals surface area contributed by atoms with Crippen molar-refractivity contribution >= 4 is 32.6 Å². The summed E-state index contributed by atoms with van der Waals surface area (Å²) in [6.07, 6.45) is 1.17. The Morgan fingerprint density at radius 2 is 1.92 bits per heavy atom. The molecule has 0 bridgehead atoms. The van der Waals surface area contributed by atoms with Crippen molar-refractivity contribution in [2.45, 2.75) is 18.9 Å². The molecule has 0 saturated heterocycles. The van der Waals surface area contributed by atoms with E-state index in [-0.39, 0.29) is 11.9 Å². The minimum absolute atomic E-state index is 0.00536. The molecule has 1 aliphatic heterocycles. The lowest BCUT2D eigenvalue weighted by molar-refractivity contribution is -0.121. The molecule has 0 aromatic heterocycles. The van der Waals surface area contributed by atoms with Gasteiger partial charge in [-0.1, -0.05) is 58.4 Å². The molecule has 0 saturated carbocycles. The van der Waals surface area contributed by atoms with Gasteiger partial charge in [0.2, 0.25) is 5.91 Å². The van der Waals surface area contributed by atoms with E-state index >= 15 is 0 Å². The Bertz CT molecular complexity index is 938. The molecular weight excluding hydrogens is 378 g/mol. The summed E-state index contributed by atoms with van der Waals surface area (Å²) in [4.78, 5) is 12.5. The molecule has 1 atom stereocenters. The van der Waals surface area contributed by atoms with Crippen molar-refractivity contribution in [2.24, 2.45) is 0 Å². The molecule has 3 nitrogen and oxygen atoms in total. The highest BCUT2D eigenvalue weighted by Gasteiger charge is 2.23. The Balaban J connectivity index is 1.50. The van der Waals surface area contributed by atoms with Gasteiger partial charge < -0.3 is 10.1 Å². The van der Waals surface area contributed by atoms with Gasteiger partial charge in [-0.2, -0.15) is 0 Å². The van der Waals surface area contributed by atoms with Crippen LogP contribution in [0.5, 0.6) is 5.75 Å². The first-order valence-corrected chi connectivity index (χ1v) is 9.18. The molecule has 3 aromatic rings. The topological polar surface area (TPSA) is 38.3 Å². The summed E-state index contributed by atoms with van der Waals surface area (Å²) in [7, 11) is 0. The summed E-state index contributed by atoms with van der Waals surface area (Å²) < 4.78 is 6.68. The number of nitrogens with one attached hydrogen (secondary N) is 1. The first kappa shape index (κ1) is 16.2. The van der Waals surface area contributed by atoms with Crippen molar-refractivity contribution in [3.63, 3.8) is 0 Å². The third-order valence-corrected chi connectivity index (χ3v) is 5.02. The number of halogens is 1. The number of benzene rings is 3. The van der Waals surface area contributed by atoms with Crippen LogP contribution in [0.1, 0.15) is 23.6 Å². The van der Waals surface area contributed by atoms with Crippen molar-refractivity contribution in [1.82, 2.24) is 5.32 Å². The van der Waals surface area contributed by atoms with Crippen molar-refractivity contribution < 1.29 is 9.53 Å². The second kappa shape index (κ2) is 6.89. The van der Waals surface area contributed by atoms with E-state index in [0.717, 1.165) is 33.2 Å². The smallest absolute Gasteiger partial charge is 0.224 e. The average Bonchev–Trinajstić information content (AvgIpc) is 2.62. The average molecular weight is 396 g/mol. The van der Waals surface area contributed by atoms with Crippen LogP contribution in [0.4, 0.5) is 0 Å². The van der Waals surface area contributed by atoms with Crippen molar-refractivity contribution in [3.05, 3.63) is 76.3 Å². The highest BCUT2D eigenvalue weighted by molar-refractivity contribution is 9.10. The number of carbonyl (C=O) groups is 1. The maximum Gasteiger partial charge on any atom is 0.224 e. The van der Waals surface area contributed by atoms with Gasteiger partial charge in [0, 0.05) is 16.5 Å². The summed E-state index contributed by atoms with van der Waals surface area (Å²) in [5.41, 5.74) is 2.06. The maximum absolute atomic E-state index is 12.5. The van der Waals surface area contributed by atoms with Crippen molar-refractivity contribution in [3.8, 4) is 5.75 Å². The van der Waals surface area contributed by atoms with Gasteiger partial charge in [-0.15, -0.1) is 0 Å². The lowest BCUT2D eigenvalue weighted by Gasteiger charge is -2.27. The van der Waals surface area contributed by atoms with Gasteiger partial charge in [0.15, 0.2) is 0 Å². The third-order valence-electron chi connectivity index (χ3n) is 4.53. The van der Waals surface area contributed by atoms with Crippen LogP contribution in [-0.4, -0.2) is 12.5 Å². The van der Waals surface area contributed by atoms with Gasteiger partial charge in [0.05, 0.1) is 19.1 Å². The van der Waals surface area contributed by atoms with E-state index < -0.39 is 0 Å². The third kappa shape index (κ3) is 3.54. The highest BCUT2D eigenvalue weighted by Crippen LogP contribution is 2.34. The molecule has 126 valence electrons. The molecule has 1 unspecified atom stereocenters. The van der Waals surface area contributed by atoms with E-state index in [4.69, 9.17) is 4.74 Å². The van der Waals surface area contributed by atoms with E-state index in [1.807, 2.05) is 36.4 Å². The number of fused-ring (bicyclic) bond motifs is 2. The molecular formula is C21H18BrNO2. The summed E-state index contributed by atoms with van der Waals surface area (Å²) in [5, 5.41) is 5.51. The van der Waals surface area contributed by atoms with Gasteiger partial charge >= 0.3 is 0 Å². The maximum atomic E-state index is 12.5. The largest absolute Gasteiger partial charge is 0.493 e. The van der Waals surface area contributed by atoms with Gasteiger partial charge in [0.1, 0.15) is 5.75 Å². The Kier molecular flexibility index (Phi) is 4.45. The zero-order valence-corrected chi connectivity index (χ0v) is 15.3. The second-order valence-corrected chi connectivity index (χ2v) is 7.21. The van der Waals surface area contributed by atoms with Crippen molar-refractivity contribution in [1.29, 1.82) is 0 Å². The molecule has 25 heavy (non-hydrogen) atoms. The van der Waals surface area contributed by atoms with Crippen LogP contribution < -0.4 is 10.1 Å². The van der Waals surface area contributed by atoms with Crippen LogP contribution in [0.2, 0.25) is 0 Å². The lowest BCUT2D eigenvalue weighted by atomic mass is 10.00. The first-order chi connectivity index (χ1) is 12.2. The molecule has 1 N–H and O–H groups in total. The highest BCUT2D eigenvalue weighted by atomic mass is 79.9. The minimum Gasteiger partial charge on any atom is -0.493 e. The predicted molar refractivity (Wildman–Crippen MR) is 103 cm³/mol. The zero-order valence-electron chi connectivity index (χ0n) is 13.7. The Hall–Kier alpha value is -2.33. The molecule has 0 fully saturated rings. The fourth-order valence-corrected chi connectivity index (χ4v) is 3.67. The van der Waals surface area contributed by atoms with Gasteiger partial charge in [-0.05, 0) is 34.5 Å². The van der Waals surface area contributed by atoms with Crippen molar-refractivity contribution in [2.75, 3.05) is 6.61 Å². The normalized spacial score (nSPS) is 16.1. The standard InChI is InChI=1S/C21H18BrNO2/c22-17-7-8-20-18(13-17)19(9-10-25-20)23-21(24)12-14-5-6-15-3-1-2-4-16(15)11-14/h1-8,11,13,19H,9-10,12H2,(H,23,24). The van der Waals surface area contributed by atoms with Crippen LogP contribution in [0.15, 0.2) is 65.1 Å². The number of hydrogen-bond acceptors (Lipinski definition) is 2. The first-order valence-electron chi connectivity index (χ1n) is 8.38. The summed E-state index contributed by atoms with van der Waals surface area (Å²) in [6, 6.07) is 20.3. The Morgan fingerprint density at radius 3 is 2.80 bits per heavy atom. The molecule has 3 aromatic carbocycles. The van der Waals surface area contributed by atoms with Crippen LogP contribution >= 0.6 is 15.9 Å². The Labute approximate surface area is 155 Å². The monoisotopic (exact) mass is 395 g/mol. The molecule has 1 amide bonds. The molecule has 0 spiro atoms. The minimum atomic E-state index is -0.00536. The van der Waals surface area contributed by atoms with E-state index in [9.17, 15) is 4.79 Å². The van der Waals surface area contributed by atoms with E-state index in [1.165, 1.54) is 5.39 Å².